The van der Waals surface area contributed by atoms with Gasteiger partial charge >= 0.3 is 0 Å². The van der Waals surface area contributed by atoms with Crippen molar-refractivity contribution in [1.82, 2.24) is 9.88 Å². The highest BCUT2D eigenvalue weighted by molar-refractivity contribution is 7.13. The number of nitrogens with zero attached hydrogens (tertiary/aromatic N) is 2. The molecule has 0 aliphatic carbocycles. The van der Waals surface area contributed by atoms with Gasteiger partial charge in [0.05, 0.1) is 10.0 Å². The molecule has 0 unspecified atom stereocenters. The lowest BCUT2D eigenvalue weighted by Gasteiger charge is -2.22. The number of nitrogens with one attached hydrogen (secondary N) is 1. The minimum Gasteiger partial charge on any atom is -0.329 e. The molecule has 0 saturated carbocycles. The normalized spacial score (nSPS) is 10.5. The van der Waals surface area contributed by atoms with Crippen LogP contribution < -0.4 is 5.32 Å². The first kappa shape index (κ1) is 18.7. The Morgan fingerprint density at radius 2 is 2.08 bits per heavy atom. The van der Waals surface area contributed by atoms with Crippen LogP contribution in [0.15, 0.2) is 29.8 Å². The second-order valence-electron chi connectivity index (χ2n) is 5.09. The molecule has 2 aromatic rings. The summed E-state index contributed by atoms with van der Waals surface area (Å²) in [7, 11) is 0. The number of hydrogen-bond donors (Lipinski definition) is 1. The Hall–Kier alpha value is -1.63. The predicted octanol–water partition coefficient (Wildman–Crippen LogP) is 4.33. The van der Waals surface area contributed by atoms with E-state index < -0.39 is 0 Å². The molecule has 0 fully saturated rings. The van der Waals surface area contributed by atoms with E-state index in [9.17, 15) is 9.59 Å². The number of carbonyl (C=O) groups excluding carboxylic acids is 2. The SMILES string of the molecule is CCCCN(CC(=O)Nc1nccs1)C(=O)c1ccc(Cl)c(Cl)c1. The first-order chi connectivity index (χ1) is 11.5. The Morgan fingerprint density at radius 3 is 2.71 bits per heavy atom. The van der Waals surface area contributed by atoms with Gasteiger partial charge in [-0.05, 0) is 24.6 Å². The lowest BCUT2D eigenvalue weighted by Crippen LogP contribution is -2.38. The van der Waals surface area contributed by atoms with Crippen molar-refractivity contribution in [3.8, 4) is 0 Å². The third-order valence-electron chi connectivity index (χ3n) is 3.25. The van der Waals surface area contributed by atoms with Crippen LogP contribution in [-0.2, 0) is 4.79 Å². The number of rotatable bonds is 7. The Morgan fingerprint density at radius 1 is 1.29 bits per heavy atom. The van der Waals surface area contributed by atoms with E-state index in [0.29, 0.717) is 27.3 Å². The molecule has 0 aliphatic rings. The number of amides is 2. The van der Waals surface area contributed by atoms with Crippen LogP contribution in [0.4, 0.5) is 5.13 Å². The molecule has 0 radical (unpaired) electrons. The Bertz CT molecular complexity index is 707. The fraction of sp³-hybridized carbons (Fsp3) is 0.312. The van der Waals surface area contributed by atoms with Crippen LogP contribution in [-0.4, -0.2) is 34.8 Å². The van der Waals surface area contributed by atoms with Crippen molar-refractivity contribution in [3.05, 3.63) is 45.4 Å². The average Bonchev–Trinajstić information content (AvgIpc) is 3.06. The molecule has 2 rings (SSSR count). The Kier molecular flexibility index (Phi) is 7.02. The molecule has 5 nitrogen and oxygen atoms in total. The number of aromatic nitrogens is 1. The lowest BCUT2D eigenvalue weighted by atomic mass is 10.2. The number of thiazole rings is 1. The van der Waals surface area contributed by atoms with Crippen molar-refractivity contribution in [2.75, 3.05) is 18.4 Å². The van der Waals surface area contributed by atoms with Gasteiger partial charge in [-0.2, -0.15) is 0 Å². The van der Waals surface area contributed by atoms with Crippen LogP contribution in [0.25, 0.3) is 0 Å². The third kappa shape index (κ3) is 5.19. The van der Waals surface area contributed by atoms with Gasteiger partial charge in [0.15, 0.2) is 5.13 Å². The van der Waals surface area contributed by atoms with Crippen molar-refractivity contribution >= 4 is 51.5 Å². The van der Waals surface area contributed by atoms with E-state index in [1.54, 1.807) is 23.7 Å². The molecule has 1 aromatic carbocycles. The maximum absolute atomic E-state index is 12.7. The third-order valence-corrected chi connectivity index (χ3v) is 4.68. The monoisotopic (exact) mass is 385 g/mol. The van der Waals surface area contributed by atoms with Crippen molar-refractivity contribution in [1.29, 1.82) is 0 Å². The first-order valence-corrected chi connectivity index (χ1v) is 9.08. The molecule has 24 heavy (non-hydrogen) atoms. The summed E-state index contributed by atoms with van der Waals surface area (Å²) in [5.41, 5.74) is 0.405. The Labute approximate surface area is 154 Å². The fourth-order valence-corrected chi connectivity index (χ4v) is 2.87. The minimum atomic E-state index is -0.283. The highest BCUT2D eigenvalue weighted by Gasteiger charge is 2.19. The fourth-order valence-electron chi connectivity index (χ4n) is 2.03. The van der Waals surface area contributed by atoms with E-state index in [-0.39, 0.29) is 18.4 Å². The topological polar surface area (TPSA) is 62.3 Å². The van der Waals surface area contributed by atoms with Gasteiger partial charge in [-0.15, -0.1) is 11.3 Å². The number of hydrogen-bond acceptors (Lipinski definition) is 4. The zero-order valence-electron chi connectivity index (χ0n) is 13.1. The van der Waals surface area contributed by atoms with E-state index >= 15 is 0 Å². The maximum atomic E-state index is 12.7. The van der Waals surface area contributed by atoms with Crippen LogP contribution in [0.2, 0.25) is 10.0 Å². The van der Waals surface area contributed by atoms with Gasteiger partial charge in [0, 0.05) is 23.7 Å². The largest absolute Gasteiger partial charge is 0.329 e. The molecule has 0 spiro atoms. The molecule has 0 aliphatic heterocycles. The van der Waals surface area contributed by atoms with Gasteiger partial charge < -0.3 is 10.2 Å². The highest BCUT2D eigenvalue weighted by Crippen LogP contribution is 2.23. The number of halogens is 2. The van der Waals surface area contributed by atoms with Crippen LogP contribution in [0, 0.1) is 0 Å². The summed E-state index contributed by atoms with van der Waals surface area (Å²) in [4.78, 5) is 30.3. The molecule has 8 heteroatoms. The average molecular weight is 386 g/mol. The van der Waals surface area contributed by atoms with Gasteiger partial charge in [-0.25, -0.2) is 4.98 Å². The van der Waals surface area contributed by atoms with Crippen LogP contribution in [0.1, 0.15) is 30.1 Å². The van der Waals surface area contributed by atoms with Gasteiger partial charge in [0.2, 0.25) is 5.91 Å². The molecule has 0 saturated heterocycles. The smallest absolute Gasteiger partial charge is 0.254 e. The molecular formula is C16H17Cl2N3O2S. The van der Waals surface area contributed by atoms with Gasteiger partial charge in [-0.3, -0.25) is 9.59 Å². The van der Waals surface area contributed by atoms with Crippen molar-refractivity contribution in [2.45, 2.75) is 19.8 Å². The summed E-state index contributed by atoms with van der Waals surface area (Å²) >= 11 is 13.2. The van der Waals surface area contributed by atoms with Gasteiger partial charge in [-0.1, -0.05) is 36.5 Å². The maximum Gasteiger partial charge on any atom is 0.254 e. The summed E-state index contributed by atoms with van der Waals surface area (Å²) in [6, 6.07) is 4.70. The molecule has 0 atom stereocenters. The summed E-state index contributed by atoms with van der Waals surface area (Å²) in [6.07, 6.45) is 3.33. The quantitative estimate of drug-likeness (QED) is 0.771. The van der Waals surface area contributed by atoms with E-state index in [0.717, 1.165) is 12.8 Å². The second-order valence-corrected chi connectivity index (χ2v) is 6.80. The molecule has 2 amide bonds. The molecule has 0 bridgehead atoms. The highest BCUT2D eigenvalue weighted by atomic mass is 35.5. The zero-order valence-corrected chi connectivity index (χ0v) is 15.4. The van der Waals surface area contributed by atoms with E-state index in [2.05, 4.69) is 10.3 Å². The molecule has 128 valence electrons. The predicted molar refractivity (Wildman–Crippen MR) is 98.0 cm³/mol. The first-order valence-electron chi connectivity index (χ1n) is 7.45. The molecule has 1 heterocycles. The van der Waals surface area contributed by atoms with Crippen LogP contribution in [0.3, 0.4) is 0 Å². The van der Waals surface area contributed by atoms with Crippen molar-refractivity contribution in [3.63, 3.8) is 0 Å². The standard InChI is InChI=1S/C16H17Cl2N3O2S/c1-2-3-7-21(10-14(22)20-16-19-6-8-24-16)15(23)11-4-5-12(17)13(18)9-11/h4-6,8-9H,2-3,7,10H2,1H3,(H,19,20,22). The van der Waals surface area contributed by atoms with Crippen LogP contribution in [0.5, 0.6) is 0 Å². The van der Waals surface area contributed by atoms with Gasteiger partial charge in [0.25, 0.3) is 5.91 Å². The lowest BCUT2D eigenvalue weighted by molar-refractivity contribution is -0.116. The van der Waals surface area contributed by atoms with E-state index in [1.165, 1.54) is 22.3 Å². The summed E-state index contributed by atoms with van der Waals surface area (Å²) in [5.74, 6) is -0.536. The minimum absolute atomic E-state index is 0.0430. The van der Waals surface area contributed by atoms with E-state index in [4.69, 9.17) is 23.2 Å². The van der Waals surface area contributed by atoms with Crippen molar-refractivity contribution in [2.24, 2.45) is 0 Å². The number of anilines is 1. The second kappa shape index (κ2) is 9.01. The molecule has 1 N–H and O–H groups in total. The summed E-state index contributed by atoms with van der Waals surface area (Å²) in [5, 5.41) is 5.66. The molecule has 1 aromatic heterocycles. The van der Waals surface area contributed by atoms with E-state index in [1.807, 2.05) is 6.92 Å². The zero-order chi connectivity index (χ0) is 17.5. The number of carbonyl (C=O) groups is 2. The van der Waals surface area contributed by atoms with Crippen molar-refractivity contribution < 1.29 is 9.59 Å². The van der Waals surface area contributed by atoms with Crippen LogP contribution >= 0.6 is 34.5 Å². The summed E-state index contributed by atoms with van der Waals surface area (Å²) < 4.78 is 0. The Balaban J connectivity index is 2.09. The number of benzene rings is 1. The van der Waals surface area contributed by atoms with Gasteiger partial charge in [0.1, 0.15) is 6.54 Å². The molecular weight excluding hydrogens is 369 g/mol. The summed E-state index contributed by atoms with van der Waals surface area (Å²) in [6.45, 7) is 2.47. The number of unbranched alkanes of at least 4 members (excludes halogenated alkanes) is 1.